The number of carbonyl (C=O) groups is 1. The first-order valence-corrected chi connectivity index (χ1v) is 14.1. The molecule has 9 heteroatoms. The topological polar surface area (TPSA) is 62.7 Å². The summed E-state index contributed by atoms with van der Waals surface area (Å²) in [7, 11) is 1.59. The Morgan fingerprint density at radius 2 is 2.23 bits per heavy atom. The average molecular weight is 537 g/mol. The number of aromatic nitrogens is 1. The zero-order chi connectivity index (χ0) is 24.8. The Kier molecular flexibility index (Phi) is 9.27. The first-order chi connectivity index (χ1) is 16.9. The molecular formula is C26H30ClFN2O3S2. The van der Waals surface area contributed by atoms with Crippen molar-refractivity contribution in [3.8, 4) is 5.75 Å². The van der Waals surface area contributed by atoms with Crippen LogP contribution in [-0.4, -0.2) is 53.5 Å². The van der Waals surface area contributed by atoms with Gasteiger partial charge in [-0.1, -0.05) is 11.6 Å². The van der Waals surface area contributed by atoms with Crippen LogP contribution >= 0.6 is 34.7 Å². The highest BCUT2D eigenvalue weighted by Gasteiger charge is 2.31. The first kappa shape index (κ1) is 26.2. The van der Waals surface area contributed by atoms with Crippen LogP contribution in [-0.2, 0) is 4.79 Å². The number of aliphatic carboxylic acids is 1. The summed E-state index contributed by atoms with van der Waals surface area (Å²) in [5.74, 6) is 1.02. The minimum absolute atomic E-state index is 0.0260. The molecule has 0 spiro atoms. The number of hydrogen-bond donors (Lipinski definition) is 1. The molecule has 188 valence electrons. The minimum atomic E-state index is -1.14. The van der Waals surface area contributed by atoms with Gasteiger partial charge in [0.25, 0.3) is 0 Å². The molecule has 1 saturated heterocycles. The Labute approximate surface area is 218 Å². The quantitative estimate of drug-likeness (QED) is 0.267. The number of piperidine rings is 1. The Hall–Kier alpha value is -1.87. The van der Waals surface area contributed by atoms with Gasteiger partial charge >= 0.3 is 5.97 Å². The normalized spacial score (nSPS) is 19.6. The van der Waals surface area contributed by atoms with E-state index in [1.807, 2.05) is 29.6 Å². The second kappa shape index (κ2) is 12.4. The average Bonchev–Trinajstić information content (AvgIpc) is 3.26. The molecule has 35 heavy (non-hydrogen) atoms. The van der Waals surface area contributed by atoms with Crippen LogP contribution in [0.1, 0.15) is 37.4 Å². The van der Waals surface area contributed by atoms with Crippen molar-refractivity contribution in [2.75, 3.05) is 32.5 Å². The van der Waals surface area contributed by atoms with Crippen LogP contribution in [0.5, 0.6) is 5.75 Å². The number of benzene rings is 1. The molecule has 4 rings (SSSR count). The van der Waals surface area contributed by atoms with Crippen molar-refractivity contribution in [2.45, 2.75) is 36.1 Å². The molecule has 1 aromatic carbocycles. The molecule has 0 radical (unpaired) electrons. The Bertz CT molecular complexity index is 1140. The van der Waals surface area contributed by atoms with E-state index in [9.17, 15) is 9.90 Å². The third-order valence-electron chi connectivity index (χ3n) is 6.75. The van der Waals surface area contributed by atoms with Gasteiger partial charge in [0, 0.05) is 36.8 Å². The summed E-state index contributed by atoms with van der Waals surface area (Å²) in [4.78, 5) is 18.3. The van der Waals surface area contributed by atoms with Crippen molar-refractivity contribution in [3.63, 3.8) is 0 Å². The number of rotatable bonds is 11. The second-order valence-corrected chi connectivity index (χ2v) is 11.6. The lowest BCUT2D eigenvalue weighted by molar-refractivity contribution is -0.139. The number of nitrogens with zero attached hydrogens (tertiary/aromatic N) is 2. The number of pyridine rings is 1. The molecule has 3 heterocycles. The van der Waals surface area contributed by atoms with Crippen molar-refractivity contribution in [1.29, 1.82) is 0 Å². The predicted molar refractivity (Wildman–Crippen MR) is 142 cm³/mol. The Morgan fingerprint density at radius 3 is 2.97 bits per heavy atom. The summed E-state index contributed by atoms with van der Waals surface area (Å²) in [5, 5.41) is 13.0. The number of methoxy groups -OCH3 is 1. The van der Waals surface area contributed by atoms with Gasteiger partial charge in [0.05, 0.1) is 21.9 Å². The molecule has 0 saturated carbocycles. The predicted octanol–water partition coefficient (Wildman–Crippen LogP) is 6.95. The summed E-state index contributed by atoms with van der Waals surface area (Å²) in [6, 6.07) is 9.14. The second-order valence-electron chi connectivity index (χ2n) is 8.94. The summed E-state index contributed by atoms with van der Waals surface area (Å²) in [6.45, 7) is 2.53. The lowest BCUT2D eigenvalue weighted by Gasteiger charge is -2.38. The monoisotopic (exact) mass is 536 g/mol. The van der Waals surface area contributed by atoms with Gasteiger partial charge in [-0.3, -0.25) is 9.78 Å². The van der Waals surface area contributed by atoms with E-state index >= 15 is 4.39 Å². The van der Waals surface area contributed by atoms with E-state index in [2.05, 4.69) is 9.88 Å². The van der Waals surface area contributed by atoms with Gasteiger partial charge in [-0.05, 0) is 78.9 Å². The van der Waals surface area contributed by atoms with Crippen molar-refractivity contribution in [1.82, 2.24) is 9.88 Å². The van der Waals surface area contributed by atoms with E-state index in [1.54, 1.807) is 42.5 Å². The van der Waals surface area contributed by atoms with Gasteiger partial charge in [0.15, 0.2) is 0 Å². The standard InChI is InChI=1S/C26H30ClFN2O3S2/c1-33-19-3-5-24-21(15-19)20(6-9-29-24)23(28)4-2-17-7-10-30(16-18(17)14-25(31)32)11-13-35-26-22(27)8-12-34-26/h3,5-6,8-9,12,15,17-18,23H,2,4,7,10-11,13-14,16H2,1H3,(H,31,32)/t17-,18+,23+/m1/s1. The molecule has 1 aliphatic rings. The fourth-order valence-electron chi connectivity index (χ4n) is 4.91. The zero-order valence-corrected chi connectivity index (χ0v) is 22.0. The molecule has 1 fully saturated rings. The molecule has 2 aromatic heterocycles. The number of thiophene rings is 1. The van der Waals surface area contributed by atoms with Crippen LogP contribution in [0.2, 0.25) is 5.02 Å². The van der Waals surface area contributed by atoms with E-state index in [4.69, 9.17) is 16.3 Å². The molecule has 0 bridgehead atoms. The van der Waals surface area contributed by atoms with Gasteiger partial charge in [0.1, 0.15) is 11.9 Å². The Balaban J connectivity index is 1.35. The largest absolute Gasteiger partial charge is 0.497 e. The molecule has 1 aliphatic heterocycles. The number of likely N-dealkylation sites (tertiary alicyclic amines) is 1. The highest BCUT2D eigenvalue weighted by molar-refractivity contribution is 8.01. The highest BCUT2D eigenvalue weighted by atomic mass is 35.5. The van der Waals surface area contributed by atoms with Crippen molar-refractivity contribution < 1.29 is 19.0 Å². The fourth-order valence-corrected chi connectivity index (χ4v) is 7.28. The molecule has 0 aliphatic carbocycles. The lowest BCUT2D eigenvalue weighted by Crippen LogP contribution is -2.42. The van der Waals surface area contributed by atoms with Crippen molar-refractivity contribution in [3.05, 3.63) is 52.5 Å². The van der Waals surface area contributed by atoms with Crippen LogP contribution in [0.25, 0.3) is 10.9 Å². The van der Waals surface area contributed by atoms with Gasteiger partial charge < -0.3 is 14.7 Å². The third kappa shape index (κ3) is 6.88. The molecule has 3 atom stereocenters. The van der Waals surface area contributed by atoms with E-state index in [1.165, 1.54) is 0 Å². The molecular weight excluding hydrogens is 507 g/mol. The van der Waals surface area contributed by atoms with Crippen LogP contribution in [0.15, 0.2) is 46.1 Å². The van der Waals surface area contributed by atoms with E-state index < -0.39 is 12.1 Å². The van der Waals surface area contributed by atoms with E-state index in [0.29, 0.717) is 24.2 Å². The SMILES string of the molecule is COc1ccc2nccc([C@@H](F)CC[C@@H]3CCN(CCSc4sccc4Cl)C[C@@H]3CC(=O)O)c2c1. The number of alkyl halides is 1. The zero-order valence-electron chi connectivity index (χ0n) is 19.7. The number of fused-ring (bicyclic) bond motifs is 1. The van der Waals surface area contributed by atoms with Crippen LogP contribution < -0.4 is 4.74 Å². The van der Waals surface area contributed by atoms with Gasteiger partial charge in [0.2, 0.25) is 0 Å². The number of ether oxygens (including phenoxy) is 1. The molecule has 5 nitrogen and oxygen atoms in total. The maximum Gasteiger partial charge on any atom is 0.303 e. The van der Waals surface area contributed by atoms with E-state index in [0.717, 1.165) is 51.9 Å². The fraction of sp³-hybridized carbons (Fsp3) is 0.462. The molecule has 0 unspecified atom stereocenters. The van der Waals surface area contributed by atoms with Crippen LogP contribution in [0.4, 0.5) is 4.39 Å². The highest BCUT2D eigenvalue weighted by Crippen LogP contribution is 2.37. The Morgan fingerprint density at radius 1 is 1.37 bits per heavy atom. The minimum Gasteiger partial charge on any atom is -0.497 e. The van der Waals surface area contributed by atoms with Gasteiger partial charge in [-0.15, -0.1) is 23.1 Å². The maximum absolute atomic E-state index is 15.4. The van der Waals surface area contributed by atoms with Crippen LogP contribution in [0.3, 0.4) is 0 Å². The number of carboxylic acids is 1. The van der Waals surface area contributed by atoms with Crippen LogP contribution in [0, 0.1) is 11.8 Å². The summed E-state index contributed by atoms with van der Waals surface area (Å²) in [6.07, 6.45) is 2.55. The van der Waals surface area contributed by atoms with Crippen molar-refractivity contribution in [2.24, 2.45) is 11.8 Å². The molecule has 1 N–H and O–H groups in total. The summed E-state index contributed by atoms with van der Waals surface area (Å²) in [5.41, 5.74) is 1.36. The first-order valence-electron chi connectivity index (χ1n) is 11.8. The number of halogens is 2. The van der Waals surface area contributed by atoms with Crippen molar-refractivity contribution >= 4 is 51.6 Å². The third-order valence-corrected chi connectivity index (χ3v) is 9.50. The summed E-state index contributed by atoms with van der Waals surface area (Å²) < 4.78 is 21.9. The molecule has 3 aromatic rings. The maximum atomic E-state index is 15.4. The summed E-state index contributed by atoms with van der Waals surface area (Å²) >= 11 is 9.57. The number of carboxylic acid groups (broad SMARTS) is 1. The molecule has 0 amide bonds. The number of hydrogen-bond acceptors (Lipinski definition) is 6. The number of thioether (sulfide) groups is 1. The van der Waals surface area contributed by atoms with Gasteiger partial charge in [-0.25, -0.2) is 4.39 Å². The van der Waals surface area contributed by atoms with E-state index in [-0.39, 0.29) is 18.3 Å². The smallest absolute Gasteiger partial charge is 0.303 e. The lowest BCUT2D eigenvalue weighted by atomic mass is 9.79. The van der Waals surface area contributed by atoms with Gasteiger partial charge in [-0.2, -0.15) is 0 Å².